The molecule has 1 aromatic rings. The summed E-state index contributed by atoms with van der Waals surface area (Å²) >= 11 is 0. The summed E-state index contributed by atoms with van der Waals surface area (Å²) in [6.45, 7) is 0. The lowest BCUT2D eigenvalue weighted by molar-refractivity contribution is -0.461. The minimum Gasteiger partial charge on any atom is -0.285 e. The van der Waals surface area contributed by atoms with E-state index in [-0.39, 0.29) is 0 Å². The van der Waals surface area contributed by atoms with E-state index in [9.17, 15) is 18.0 Å². The highest BCUT2D eigenvalue weighted by Gasteiger charge is 2.32. The summed E-state index contributed by atoms with van der Waals surface area (Å²) in [4.78, 5) is 17.1. The van der Waals surface area contributed by atoms with Gasteiger partial charge in [0.05, 0.1) is 0 Å². The first kappa shape index (κ1) is 12.3. The zero-order valence-corrected chi connectivity index (χ0v) is 7.90. The molecule has 86 valence electrons. The molecule has 0 aliphatic carbocycles. The van der Waals surface area contributed by atoms with Gasteiger partial charge in [0, 0.05) is 6.08 Å². The second-order valence-electron chi connectivity index (χ2n) is 2.68. The van der Waals surface area contributed by atoms with Crippen LogP contribution in [0.2, 0.25) is 0 Å². The molecule has 0 atom stereocenters. The summed E-state index contributed by atoms with van der Waals surface area (Å²) < 4.78 is 34.4. The van der Waals surface area contributed by atoms with Gasteiger partial charge < -0.3 is 0 Å². The summed E-state index contributed by atoms with van der Waals surface area (Å²) in [5, 5.41) is 0. The highest BCUT2D eigenvalue weighted by molar-refractivity contribution is 5.86. The quantitative estimate of drug-likeness (QED) is 0.456. The molecule has 16 heavy (non-hydrogen) atoms. The minimum atomic E-state index is -4.99. The molecule has 3 nitrogen and oxygen atoms in total. The second kappa shape index (κ2) is 5.32. The fourth-order valence-corrected chi connectivity index (χ4v) is 0.845. The lowest BCUT2D eigenvalue weighted by Crippen LogP contribution is -2.16. The van der Waals surface area contributed by atoms with Crippen molar-refractivity contribution in [3.8, 4) is 0 Å². The third-order valence-corrected chi connectivity index (χ3v) is 1.43. The van der Waals surface area contributed by atoms with Gasteiger partial charge in [-0.25, -0.2) is 4.79 Å². The fourth-order valence-electron chi connectivity index (χ4n) is 0.845. The van der Waals surface area contributed by atoms with Gasteiger partial charge in [-0.3, -0.25) is 4.89 Å². The predicted molar refractivity (Wildman–Crippen MR) is 48.7 cm³/mol. The molecule has 1 aromatic carbocycles. The smallest absolute Gasteiger partial charge is 0.285 e. The van der Waals surface area contributed by atoms with Crippen molar-refractivity contribution in [2.45, 2.75) is 6.36 Å². The van der Waals surface area contributed by atoms with E-state index in [1.165, 1.54) is 6.08 Å². The van der Waals surface area contributed by atoms with Crippen molar-refractivity contribution in [3.05, 3.63) is 42.0 Å². The van der Waals surface area contributed by atoms with Crippen LogP contribution in [0.4, 0.5) is 13.2 Å². The maximum Gasteiger partial charge on any atom is 0.558 e. The van der Waals surface area contributed by atoms with Gasteiger partial charge in [0.15, 0.2) is 0 Å². The summed E-state index contributed by atoms with van der Waals surface area (Å²) in [5.41, 5.74) is 0.659. The lowest BCUT2D eigenvalue weighted by atomic mass is 10.2. The van der Waals surface area contributed by atoms with Gasteiger partial charge >= 0.3 is 12.3 Å². The van der Waals surface area contributed by atoms with Gasteiger partial charge in [-0.2, -0.15) is 0 Å². The van der Waals surface area contributed by atoms with Gasteiger partial charge in [0.2, 0.25) is 0 Å². The number of hydrogen-bond donors (Lipinski definition) is 0. The molecular weight excluding hydrogens is 225 g/mol. The first-order chi connectivity index (χ1) is 7.47. The maximum absolute atomic E-state index is 11.5. The SMILES string of the molecule is O=C(C=Cc1ccccc1)OOC(F)(F)F. The van der Waals surface area contributed by atoms with Crippen molar-refractivity contribution in [1.82, 2.24) is 0 Å². The highest BCUT2D eigenvalue weighted by Crippen LogP contribution is 2.16. The van der Waals surface area contributed by atoms with E-state index in [0.29, 0.717) is 5.56 Å². The molecule has 0 saturated carbocycles. The van der Waals surface area contributed by atoms with Crippen LogP contribution >= 0.6 is 0 Å². The molecule has 0 heterocycles. The Labute approximate surface area is 89.0 Å². The van der Waals surface area contributed by atoms with E-state index in [0.717, 1.165) is 6.08 Å². The Balaban J connectivity index is 2.43. The van der Waals surface area contributed by atoms with Crippen LogP contribution in [0.25, 0.3) is 6.08 Å². The molecule has 0 N–H and O–H groups in total. The average molecular weight is 232 g/mol. The van der Waals surface area contributed by atoms with Crippen LogP contribution in [0.1, 0.15) is 5.56 Å². The van der Waals surface area contributed by atoms with Gasteiger partial charge in [0.25, 0.3) is 0 Å². The van der Waals surface area contributed by atoms with Gasteiger partial charge in [0.1, 0.15) is 0 Å². The number of alkyl halides is 3. The van der Waals surface area contributed by atoms with Crippen LogP contribution in [-0.2, 0) is 14.6 Å². The van der Waals surface area contributed by atoms with E-state index >= 15 is 0 Å². The van der Waals surface area contributed by atoms with E-state index in [1.807, 2.05) is 0 Å². The van der Waals surface area contributed by atoms with Crippen molar-refractivity contribution in [2.24, 2.45) is 0 Å². The zero-order chi connectivity index (χ0) is 12.0. The van der Waals surface area contributed by atoms with Gasteiger partial charge in [-0.1, -0.05) is 35.2 Å². The monoisotopic (exact) mass is 232 g/mol. The van der Waals surface area contributed by atoms with E-state index in [4.69, 9.17) is 0 Å². The topological polar surface area (TPSA) is 35.5 Å². The Morgan fingerprint density at radius 1 is 1.19 bits per heavy atom. The van der Waals surface area contributed by atoms with Crippen LogP contribution in [0.15, 0.2) is 36.4 Å². The molecular formula is C10H7F3O3. The summed E-state index contributed by atoms with van der Waals surface area (Å²) in [7, 11) is 0. The summed E-state index contributed by atoms with van der Waals surface area (Å²) in [6.07, 6.45) is -2.85. The Kier molecular flexibility index (Phi) is 4.07. The summed E-state index contributed by atoms with van der Waals surface area (Å²) in [6, 6.07) is 8.56. The molecule has 0 aliphatic rings. The Morgan fingerprint density at radius 3 is 2.38 bits per heavy atom. The zero-order valence-electron chi connectivity index (χ0n) is 7.90. The molecule has 0 fully saturated rings. The van der Waals surface area contributed by atoms with Crippen molar-refractivity contribution in [2.75, 3.05) is 0 Å². The standard InChI is InChI=1S/C10H7F3O3/c11-10(12,13)16-15-9(14)7-6-8-4-2-1-3-5-8/h1-7H. The number of carbonyl (C=O) groups excluding carboxylic acids is 1. The second-order valence-corrected chi connectivity index (χ2v) is 2.68. The molecule has 0 unspecified atom stereocenters. The Morgan fingerprint density at radius 2 is 1.81 bits per heavy atom. The molecule has 0 radical (unpaired) electrons. The molecule has 0 bridgehead atoms. The fraction of sp³-hybridized carbons (Fsp3) is 0.100. The molecule has 0 spiro atoms. The minimum absolute atomic E-state index is 0.659. The van der Waals surface area contributed by atoms with E-state index in [1.54, 1.807) is 30.3 Å². The molecule has 0 aliphatic heterocycles. The number of carbonyl (C=O) groups is 1. The largest absolute Gasteiger partial charge is 0.558 e. The lowest BCUT2D eigenvalue weighted by Gasteiger charge is -2.02. The van der Waals surface area contributed by atoms with Crippen molar-refractivity contribution in [1.29, 1.82) is 0 Å². The third kappa shape index (κ3) is 5.16. The summed E-state index contributed by atoms with van der Waals surface area (Å²) in [5.74, 6) is -1.24. The van der Waals surface area contributed by atoms with Crippen molar-refractivity contribution in [3.63, 3.8) is 0 Å². The number of benzene rings is 1. The van der Waals surface area contributed by atoms with Crippen LogP contribution in [0, 0.1) is 0 Å². The van der Waals surface area contributed by atoms with Crippen LogP contribution in [0.5, 0.6) is 0 Å². The molecule has 0 saturated heterocycles. The predicted octanol–water partition coefficient (Wildman–Crippen LogP) is 2.69. The normalized spacial score (nSPS) is 11.7. The molecule has 0 aromatic heterocycles. The first-order valence-electron chi connectivity index (χ1n) is 4.17. The third-order valence-electron chi connectivity index (χ3n) is 1.43. The van der Waals surface area contributed by atoms with Crippen molar-refractivity contribution >= 4 is 12.0 Å². The molecule has 6 heteroatoms. The highest BCUT2D eigenvalue weighted by atomic mass is 19.4. The van der Waals surface area contributed by atoms with Crippen molar-refractivity contribution < 1.29 is 27.7 Å². The Hall–Kier alpha value is -1.82. The van der Waals surface area contributed by atoms with E-state index < -0.39 is 12.3 Å². The maximum atomic E-state index is 11.5. The first-order valence-corrected chi connectivity index (χ1v) is 4.17. The van der Waals surface area contributed by atoms with Crippen LogP contribution in [0.3, 0.4) is 0 Å². The molecule has 0 amide bonds. The molecule has 1 rings (SSSR count). The van der Waals surface area contributed by atoms with Crippen LogP contribution < -0.4 is 0 Å². The van der Waals surface area contributed by atoms with E-state index in [2.05, 4.69) is 9.78 Å². The average Bonchev–Trinajstić information content (AvgIpc) is 2.24. The number of hydrogen-bond acceptors (Lipinski definition) is 3. The van der Waals surface area contributed by atoms with Gasteiger partial charge in [-0.05, 0) is 11.6 Å². The number of rotatable bonds is 3. The number of halogens is 3. The van der Waals surface area contributed by atoms with Gasteiger partial charge in [-0.15, -0.1) is 13.2 Å². The van der Waals surface area contributed by atoms with Crippen LogP contribution in [-0.4, -0.2) is 12.3 Å². The Bertz CT molecular complexity index is 371.